The molecule has 0 aliphatic heterocycles. The molecule has 0 radical (unpaired) electrons. The summed E-state index contributed by atoms with van der Waals surface area (Å²) < 4.78 is 16.6. The van der Waals surface area contributed by atoms with E-state index in [2.05, 4.69) is 35.3 Å². The third kappa shape index (κ3) is 6.54. The van der Waals surface area contributed by atoms with Gasteiger partial charge in [-0.3, -0.25) is 9.69 Å². The fourth-order valence-electron chi connectivity index (χ4n) is 4.19. The lowest BCUT2D eigenvalue weighted by Gasteiger charge is -2.16. The Morgan fingerprint density at radius 3 is 2.46 bits per heavy atom. The Balaban J connectivity index is 0.00000380. The predicted molar refractivity (Wildman–Crippen MR) is 144 cm³/mol. The molecule has 4 aromatic rings. The SMILES string of the molecule is COCc1cc(-c2nc(-c3ccc(CN(C)CC(=O)O)c(OC)c3)no2)ccc1-c1ccccc1C.Cl. The second-order valence-electron chi connectivity index (χ2n) is 8.64. The number of benzene rings is 3. The third-order valence-corrected chi connectivity index (χ3v) is 5.90. The summed E-state index contributed by atoms with van der Waals surface area (Å²) in [6, 6.07) is 19.9. The van der Waals surface area contributed by atoms with Crippen LogP contribution < -0.4 is 4.74 Å². The van der Waals surface area contributed by atoms with Gasteiger partial charge in [-0.15, -0.1) is 12.4 Å². The summed E-state index contributed by atoms with van der Waals surface area (Å²) in [5.74, 6) is 0.585. The van der Waals surface area contributed by atoms with Gasteiger partial charge in [0.05, 0.1) is 20.3 Å². The van der Waals surface area contributed by atoms with Crippen molar-refractivity contribution < 1.29 is 23.9 Å². The molecule has 3 aromatic carbocycles. The Morgan fingerprint density at radius 1 is 1.00 bits per heavy atom. The van der Waals surface area contributed by atoms with Crippen molar-refractivity contribution in [1.82, 2.24) is 15.0 Å². The van der Waals surface area contributed by atoms with Crippen molar-refractivity contribution >= 4 is 18.4 Å². The van der Waals surface area contributed by atoms with Crippen molar-refractivity contribution in [3.8, 4) is 39.7 Å². The Hall–Kier alpha value is -3.72. The van der Waals surface area contributed by atoms with E-state index in [1.54, 1.807) is 26.2 Å². The van der Waals surface area contributed by atoms with Crippen LogP contribution in [0.2, 0.25) is 0 Å². The highest BCUT2D eigenvalue weighted by Gasteiger charge is 2.16. The second kappa shape index (κ2) is 12.5. The number of ether oxygens (including phenoxy) is 2. The van der Waals surface area contributed by atoms with E-state index in [1.165, 1.54) is 5.56 Å². The number of aliphatic carboxylic acids is 1. The molecule has 0 amide bonds. The Kier molecular flexibility index (Phi) is 9.41. The summed E-state index contributed by atoms with van der Waals surface area (Å²) in [5.41, 5.74) is 6.88. The first kappa shape index (κ1) is 27.9. The van der Waals surface area contributed by atoms with Gasteiger partial charge in [0.2, 0.25) is 5.82 Å². The van der Waals surface area contributed by atoms with Gasteiger partial charge in [0.1, 0.15) is 5.75 Å². The fourth-order valence-corrected chi connectivity index (χ4v) is 4.19. The molecule has 0 saturated carbocycles. The topological polar surface area (TPSA) is 97.9 Å². The number of rotatable bonds is 10. The smallest absolute Gasteiger partial charge is 0.317 e. The Labute approximate surface area is 222 Å². The summed E-state index contributed by atoms with van der Waals surface area (Å²) in [4.78, 5) is 17.3. The lowest BCUT2D eigenvalue weighted by atomic mass is 9.94. The fraction of sp³-hybridized carbons (Fsp3) is 0.250. The van der Waals surface area contributed by atoms with Crippen LogP contribution in [0.3, 0.4) is 0 Å². The van der Waals surface area contributed by atoms with Crippen molar-refractivity contribution in [2.24, 2.45) is 0 Å². The molecule has 9 heteroatoms. The number of nitrogens with zero attached hydrogens (tertiary/aromatic N) is 3. The highest BCUT2D eigenvalue weighted by atomic mass is 35.5. The van der Waals surface area contributed by atoms with Crippen LogP contribution in [0.15, 0.2) is 65.2 Å². The minimum absolute atomic E-state index is 0. The van der Waals surface area contributed by atoms with E-state index in [9.17, 15) is 4.79 Å². The van der Waals surface area contributed by atoms with E-state index >= 15 is 0 Å². The number of carboxylic acid groups (broad SMARTS) is 1. The molecule has 1 N–H and O–H groups in total. The minimum Gasteiger partial charge on any atom is -0.496 e. The van der Waals surface area contributed by atoms with Crippen LogP contribution >= 0.6 is 12.4 Å². The van der Waals surface area contributed by atoms with E-state index in [-0.39, 0.29) is 19.0 Å². The van der Waals surface area contributed by atoms with Gasteiger partial charge < -0.3 is 19.1 Å². The molecule has 8 nitrogen and oxygen atoms in total. The molecule has 4 rings (SSSR count). The van der Waals surface area contributed by atoms with E-state index in [1.807, 2.05) is 42.5 Å². The number of hydrogen-bond donors (Lipinski definition) is 1. The van der Waals surface area contributed by atoms with E-state index in [4.69, 9.17) is 19.1 Å². The lowest BCUT2D eigenvalue weighted by molar-refractivity contribution is -0.138. The average Bonchev–Trinajstić information content (AvgIpc) is 3.35. The maximum Gasteiger partial charge on any atom is 0.317 e. The first-order valence-corrected chi connectivity index (χ1v) is 11.5. The first-order valence-electron chi connectivity index (χ1n) is 11.5. The molecule has 0 atom stereocenters. The van der Waals surface area contributed by atoms with Gasteiger partial charge in [0.15, 0.2) is 0 Å². The minimum atomic E-state index is -0.881. The highest BCUT2D eigenvalue weighted by Crippen LogP contribution is 2.32. The largest absolute Gasteiger partial charge is 0.496 e. The van der Waals surface area contributed by atoms with Crippen LogP contribution in [0.4, 0.5) is 0 Å². The van der Waals surface area contributed by atoms with Crippen molar-refractivity contribution in [2.75, 3.05) is 27.8 Å². The van der Waals surface area contributed by atoms with Crippen molar-refractivity contribution in [1.29, 1.82) is 0 Å². The van der Waals surface area contributed by atoms with Crippen LogP contribution in [0.25, 0.3) is 34.0 Å². The number of likely N-dealkylation sites (N-methyl/N-ethyl adjacent to an activating group) is 1. The van der Waals surface area contributed by atoms with Gasteiger partial charge in [-0.25, -0.2) is 0 Å². The van der Waals surface area contributed by atoms with Crippen LogP contribution in [0, 0.1) is 6.92 Å². The summed E-state index contributed by atoms with van der Waals surface area (Å²) >= 11 is 0. The van der Waals surface area contributed by atoms with Crippen molar-refractivity contribution in [3.63, 3.8) is 0 Å². The molecule has 1 heterocycles. The number of aromatic nitrogens is 2. The zero-order valence-corrected chi connectivity index (χ0v) is 22.0. The normalized spacial score (nSPS) is 10.8. The van der Waals surface area contributed by atoms with Gasteiger partial charge >= 0.3 is 5.97 Å². The van der Waals surface area contributed by atoms with Crippen LogP contribution in [0.1, 0.15) is 16.7 Å². The van der Waals surface area contributed by atoms with Crippen molar-refractivity contribution in [3.05, 3.63) is 77.4 Å². The van der Waals surface area contributed by atoms with Gasteiger partial charge in [-0.1, -0.05) is 47.6 Å². The maximum atomic E-state index is 11.0. The number of hydrogen-bond acceptors (Lipinski definition) is 7. The Morgan fingerprint density at radius 2 is 1.76 bits per heavy atom. The third-order valence-electron chi connectivity index (χ3n) is 5.90. The standard InChI is InChI=1S/C28H29N3O5.ClH/c1-18-7-5-6-8-23(18)24-12-11-20(13-22(24)17-34-3)28-29-27(30-36-28)19-9-10-21(25(14-19)35-4)15-31(2)16-26(32)33;/h5-14H,15-17H2,1-4H3,(H,32,33);1H. The quantitative estimate of drug-likeness (QED) is 0.292. The zero-order valence-electron chi connectivity index (χ0n) is 21.2. The first-order chi connectivity index (χ1) is 17.4. The van der Waals surface area contributed by atoms with Crippen LogP contribution in [0.5, 0.6) is 5.75 Å². The Bertz CT molecular complexity index is 1370. The summed E-state index contributed by atoms with van der Waals surface area (Å²) in [6.07, 6.45) is 0. The molecule has 0 fully saturated rings. The monoisotopic (exact) mass is 523 g/mol. The molecular formula is C28H30ClN3O5. The number of carbonyl (C=O) groups is 1. The molecule has 1 aromatic heterocycles. The van der Waals surface area contributed by atoms with Crippen LogP contribution in [-0.2, 0) is 22.7 Å². The number of carboxylic acids is 1. The molecule has 0 bridgehead atoms. The molecule has 0 aliphatic rings. The number of aryl methyl sites for hydroxylation is 1. The van der Waals surface area contributed by atoms with Gasteiger partial charge in [0.25, 0.3) is 5.89 Å². The summed E-state index contributed by atoms with van der Waals surface area (Å²) in [6.45, 7) is 2.91. The molecule has 37 heavy (non-hydrogen) atoms. The molecule has 0 spiro atoms. The van der Waals surface area contributed by atoms with Crippen molar-refractivity contribution in [2.45, 2.75) is 20.1 Å². The summed E-state index contributed by atoms with van der Waals surface area (Å²) in [5, 5.41) is 13.2. The van der Waals surface area contributed by atoms with Gasteiger partial charge in [0, 0.05) is 30.3 Å². The molecular weight excluding hydrogens is 494 g/mol. The second-order valence-corrected chi connectivity index (χ2v) is 8.64. The predicted octanol–water partition coefficient (Wildman–Crippen LogP) is 5.47. The molecule has 194 valence electrons. The summed E-state index contributed by atoms with van der Waals surface area (Å²) in [7, 11) is 5.00. The van der Waals surface area contributed by atoms with Gasteiger partial charge in [-0.05, 0) is 54.4 Å². The molecule has 0 unspecified atom stereocenters. The number of halogens is 1. The lowest BCUT2D eigenvalue weighted by Crippen LogP contribution is -2.25. The average molecular weight is 524 g/mol. The highest BCUT2D eigenvalue weighted by molar-refractivity contribution is 5.85. The maximum absolute atomic E-state index is 11.0. The molecule has 0 saturated heterocycles. The van der Waals surface area contributed by atoms with E-state index < -0.39 is 5.97 Å². The van der Waals surface area contributed by atoms with Crippen LogP contribution in [-0.4, -0.2) is 53.9 Å². The van der Waals surface area contributed by atoms with Gasteiger partial charge in [-0.2, -0.15) is 4.98 Å². The number of methoxy groups -OCH3 is 2. The molecule has 0 aliphatic carbocycles. The zero-order chi connectivity index (χ0) is 25.7. The van der Waals surface area contributed by atoms with E-state index in [0.29, 0.717) is 30.6 Å². The van der Waals surface area contributed by atoms with E-state index in [0.717, 1.165) is 33.4 Å².